The summed E-state index contributed by atoms with van der Waals surface area (Å²) in [5, 5.41) is 2.71. The topological polar surface area (TPSA) is 77.2 Å². The van der Waals surface area contributed by atoms with Crippen molar-refractivity contribution in [2.75, 3.05) is 12.3 Å². The Kier molecular flexibility index (Phi) is 7.50. The van der Waals surface area contributed by atoms with E-state index in [4.69, 9.17) is 5.73 Å². The van der Waals surface area contributed by atoms with Gasteiger partial charge in [0.15, 0.2) is 6.61 Å². The van der Waals surface area contributed by atoms with Crippen molar-refractivity contribution in [3.8, 4) is 5.75 Å². The molecule has 0 saturated carbocycles. The van der Waals surface area contributed by atoms with E-state index in [9.17, 15) is 18.0 Å². The first-order chi connectivity index (χ1) is 11.3. The number of halogens is 4. The molecule has 2 rings (SSSR count). The van der Waals surface area contributed by atoms with E-state index in [-0.39, 0.29) is 37.0 Å². The van der Waals surface area contributed by atoms with Gasteiger partial charge >= 0.3 is 6.18 Å². The second-order valence-electron chi connectivity index (χ2n) is 5.08. The molecule has 0 aliphatic rings. The van der Waals surface area contributed by atoms with Gasteiger partial charge in [-0.3, -0.25) is 9.78 Å². The molecule has 1 aromatic carbocycles. The maximum absolute atomic E-state index is 12.0. The van der Waals surface area contributed by atoms with Crippen molar-refractivity contribution in [2.45, 2.75) is 19.1 Å². The van der Waals surface area contributed by atoms with E-state index in [1.54, 1.807) is 24.3 Å². The normalized spacial score (nSPS) is 10.7. The molecule has 3 N–H and O–H groups in total. The van der Waals surface area contributed by atoms with Gasteiger partial charge in [-0.15, -0.1) is 12.4 Å². The third-order valence-electron chi connectivity index (χ3n) is 3.00. The molecule has 1 heterocycles. The highest BCUT2D eigenvalue weighted by molar-refractivity contribution is 5.85. The van der Waals surface area contributed by atoms with E-state index in [1.807, 2.05) is 0 Å². The van der Waals surface area contributed by atoms with Crippen molar-refractivity contribution in [1.29, 1.82) is 0 Å². The Hall–Kier alpha value is -2.48. The number of benzene rings is 1. The lowest BCUT2D eigenvalue weighted by Crippen LogP contribution is -2.24. The molecule has 25 heavy (non-hydrogen) atoms. The van der Waals surface area contributed by atoms with Crippen LogP contribution in [0.3, 0.4) is 0 Å². The van der Waals surface area contributed by atoms with E-state index in [1.165, 1.54) is 18.3 Å². The van der Waals surface area contributed by atoms with Gasteiger partial charge in [-0.05, 0) is 29.8 Å². The number of hydrogen-bond donors (Lipinski definition) is 2. The predicted molar refractivity (Wildman–Crippen MR) is 89.4 cm³/mol. The fourth-order valence-corrected chi connectivity index (χ4v) is 1.84. The van der Waals surface area contributed by atoms with Gasteiger partial charge in [-0.25, -0.2) is 0 Å². The number of aromatic nitrogens is 1. The summed E-state index contributed by atoms with van der Waals surface area (Å²) in [6.45, 7) is -1.08. The van der Waals surface area contributed by atoms with Crippen LogP contribution in [0.2, 0.25) is 0 Å². The molecule has 1 aromatic heterocycles. The summed E-state index contributed by atoms with van der Waals surface area (Å²) < 4.78 is 40.7. The third kappa shape index (κ3) is 7.75. The van der Waals surface area contributed by atoms with E-state index >= 15 is 0 Å². The Morgan fingerprint density at radius 1 is 1.16 bits per heavy atom. The summed E-state index contributed by atoms with van der Waals surface area (Å²) >= 11 is 0. The second kappa shape index (κ2) is 9.12. The van der Waals surface area contributed by atoms with Crippen molar-refractivity contribution in [2.24, 2.45) is 0 Å². The molecule has 0 saturated heterocycles. The molecule has 5 nitrogen and oxygen atoms in total. The third-order valence-corrected chi connectivity index (χ3v) is 3.00. The average molecular weight is 376 g/mol. The highest BCUT2D eigenvalue weighted by Crippen LogP contribution is 2.18. The lowest BCUT2D eigenvalue weighted by molar-refractivity contribution is -0.153. The number of nitrogens with one attached hydrogen (secondary N) is 1. The van der Waals surface area contributed by atoms with Crippen LogP contribution < -0.4 is 15.8 Å². The highest BCUT2D eigenvalue weighted by atomic mass is 35.5. The number of nitrogen functional groups attached to an aromatic ring is 1. The van der Waals surface area contributed by atoms with Crippen LogP contribution in [0.4, 0.5) is 18.9 Å². The molecule has 0 atom stereocenters. The molecular weight excluding hydrogens is 359 g/mol. The lowest BCUT2D eigenvalue weighted by Gasteiger charge is -2.10. The smallest absolute Gasteiger partial charge is 0.422 e. The Balaban J connectivity index is 0.00000312. The number of nitrogens with zero attached hydrogens (tertiary/aromatic N) is 1. The molecule has 0 unspecified atom stereocenters. The van der Waals surface area contributed by atoms with Gasteiger partial charge in [0.1, 0.15) is 5.75 Å². The van der Waals surface area contributed by atoms with Crippen LogP contribution in [-0.4, -0.2) is 23.7 Å². The van der Waals surface area contributed by atoms with Crippen LogP contribution in [0, 0.1) is 0 Å². The molecule has 0 spiro atoms. The minimum atomic E-state index is -4.37. The first-order valence-electron chi connectivity index (χ1n) is 7.07. The predicted octanol–water partition coefficient (Wildman–Crippen LogP) is 2.89. The first-order valence-corrected chi connectivity index (χ1v) is 7.07. The Labute approximate surface area is 148 Å². The highest BCUT2D eigenvalue weighted by Gasteiger charge is 2.28. The SMILES string of the molecule is Cl.Nc1ccc(CC(=O)NCc2ccc(OCC(F)(F)F)cc2)nc1. The number of alkyl halides is 3. The van der Waals surface area contributed by atoms with Gasteiger partial charge in [0.05, 0.1) is 18.3 Å². The Morgan fingerprint density at radius 3 is 2.40 bits per heavy atom. The van der Waals surface area contributed by atoms with E-state index in [0.717, 1.165) is 5.56 Å². The van der Waals surface area contributed by atoms with Gasteiger partial charge in [0, 0.05) is 12.2 Å². The zero-order valence-corrected chi connectivity index (χ0v) is 13.9. The molecule has 0 aliphatic heterocycles. The molecule has 0 radical (unpaired) electrons. The van der Waals surface area contributed by atoms with Gasteiger partial charge in [0.2, 0.25) is 5.91 Å². The summed E-state index contributed by atoms with van der Waals surface area (Å²) in [6.07, 6.45) is -2.78. The number of carbonyl (C=O) groups is 1. The fraction of sp³-hybridized carbons (Fsp3) is 0.250. The van der Waals surface area contributed by atoms with Crippen LogP contribution in [-0.2, 0) is 17.8 Å². The molecular formula is C16H17ClF3N3O2. The molecule has 0 bridgehead atoms. The van der Waals surface area contributed by atoms with Crippen LogP contribution >= 0.6 is 12.4 Å². The van der Waals surface area contributed by atoms with Crippen LogP contribution in [0.1, 0.15) is 11.3 Å². The Morgan fingerprint density at radius 2 is 1.84 bits per heavy atom. The minimum absolute atomic E-state index is 0. The van der Waals surface area contributed by atoms with E-state index in [2.05, 4.69) is 15.0 Å². The zero-order chi connectivity index (χ0) is 17.6. The number of ether oxygens (including phenoxy) is 1. The van der Waals surface area contributed by atoms with Crippen LogP contribution in [0.25, 0.3) is 0 Å². The summed E-state index contributed by atoms with van der Waals surface area (Å²) in [5.74, 6) is -0.0989. The van der Waals surface area contributed by atoms with Crippen LogP contribution in [0.15, 0.2) is 42.6 Å². The monoisotopic (exact) mass is 375 g/mol. The number of hydrogen-bond acceptors (Lipinski definition) is 4. The summed E-state index contributed by atoms with van der Waals surface area (Å²) in [4.78, 5) is 15.8. The molecule has 136 valence electrons. The average Bonchev–Trinajstić information content (AvgIpc) is 2.53. The van der Waals surface area contributed by atoms with Gasteiger partial charge in [-0.2, -0.15) is 13.2 Å². The van der Waals surface area contributed by atoms with E-state index in [0.29, 0.717) is 11.4 Å². The number of rotatable bonds is 6. The summed E-state index contributed by atoms with van der Waals surface area (Å²) in [5.41, 5.74) is 7.37. The fourth-order valence-electron chi connectivity index (χ4n) is 1.84. The van der Waals surface area contributed by atoms with Crippen molar-refractivity contribution >= 4 is 24.0 Å². The number of nitrogens with two attached hydrogens (primary N) is 1. The summed E-state index contributed by atoms with van der Waals surface area (Å²) in [7, 11) is 0. The second-order valence-corrected chi connectivity index (χ2v) is 5.08. The van der Waals surface area contributed by atoms with Gasteiger partial charge in [-0.1, -0.05) is 12.1 Å². The summed E-state index contributed by atoms with van der Waals surface area (Å²) in [6, 6.07) is 9.36. The first kappa shape index (κ1) is 20.6. The van der Waals surface area contributed by atoms with Crippen molar-refractivity contribution in [3.63, 3.8) is 0 Å². The molecule has 2 aromatic rings. The number of pyridine rings is 1. The number of carbonyl (C=O) groups excluding carboxylic acids is 1. The minimum Gasteiger partial charge on any atom is -0.484 e. The zero-order valence-electron chi connectivity index (χ0n) is 13.0. The Bertz CT molecular complexity index is 677. The number of amides is 1. The number of anilines is 1. The maximum Gasteiger partial charge on any atom is 0.422 e. The van der Waals surface area contributed by atoms with Crippen molar-refractivity contribution in [1.82, 2.24) is 10.3 Å². The van der Waals surface area contributed by atoms with Crippen molar-refractivity contribution < 1.29 is 22.7 Å². The van der Waals surface area contributed by atoms with E-state index < -0.39 is 12.8 Å². The van der Waals surface area contributed by atoms with Crippen molar-refractivity contribution in [3.05, 3.63) is 53.9 Å². The molecule has 0 aliphatic carbocycles. The van der Waals surface area contributed by atoms with Crippen LogP contribution in [0.5, 0.6) is 5.75 Å². The molecule has 9 heteroatoms. The van der Waals surface area contributed by atoms with Gasteiger partial charge in [0.25, 0.3) is 0 Å². The maximum atomic E-state index is 12.0. The quantitative estimate of drug-likeness (QED) is 0.814. The lowest BCUT2D eigenvalue weighted by atomic mass is 10.2. The van der Waals surface area contributed by atoms with Gasteiger partial charge < -0.3 is 15.8 Å². The largest absolute Gasteiger partial charge is 0.484 e. The molecule has 1 amide bonds. The standard InChI is InChI=1S/C16H16F3N3O2.ClH/c17-16(18,19)10-24-14-5-1-11(2-6-14)8-22-15(23)7-13-4-3-12(20)9-21-13;/h1-6,9H,7-8,10,20H2,(H,22,23);1H. The molecule has 0 fully saturated rings.